The van der Waals surface area contributed by atoms with Gasteiger partial charge in [0.25, 0.3) is 0 Å². The maximum absolute atomic E-state index is 4.91. The quantitative estimate of drug-likeness (QED) is 0.107. The van der Waals surface area contributed by atoms with Crippen molar-refractivity contribution in [2.24, 2.45) is 5.10 Å². The van der Waals surface area contributed by atoms with Gasteiger partial charge in [-0.1, -0.05) is 134 Å². The molecule has 2 aliphatic carbocycles. The van der Waals surface area contributed by atoms with Crippen LogP contribution in [0.15, 0.2) is 192 Å². The second-order valence-electron chi connectivity index (χ2n) is 10.8. The minimum absolute atomic E-state index is 0.236. The van der Waals surface area contributed by atoms with Gasteiger partial charge in [0.2, 0.25) is 0 Å². The van der Waals surface area contributed by atoms with E-state index in [1.165, 1.54) is 22.5 Å². The SMILES string of the molecule is C1=CC(N(C2=CC=C(/C=C\C=C\c3ccccc3)CC2)c2ccccc2)CC=C1/C=N/N(c1ccccc1)c1ccccc1. The lowest BCUT2D eigenvalue weighted by Crippen LogP contribution is -2.34. The normalized spacial score (nSPS) is 16.6. The maximum Gasteiger partial charge on any atom is 0.0652 e. The van der Waals surface area contributed by atoms with Gasteiger partial charge in [-0.25, -0.2) is 5.01 Å². The fraction of sp³-hybridized carbons (Fsp3) is 0.0976. The van der Waals surface area contributed by atoms with Crippen LogP contribution in [0.1, 0.15) is 24.8 Å². The summed E-state index contributed by atoms with van der Waals surface area (Å²) < 4.78 is 0. The Bertz CT molecular complexity index is 1670. The molecule has 0 aromatic heterocycles. The first-order valence-corrected chi connectivity index (χ1v) is 15.3. The minimum Gasteiger partial charge on any atom is -0.338 e. The molecule has 216 valence electrons. The highest BCUT2D eigenvalue weighted by Crippen LogP contribution is 2.32. The maximum atomic E-state index is 4.91. The van der Waals surface area contributed by atoms with E-state index < -0.39 is 0 Å². The van der Waals surface area contributed by atoms with E-state index in [1.54, 1.807) is 0 Å². The summed E-state index contributed by atoms with van der Waals surface area (Å²) in [4.78, 5) is 2.49. The molecule has 0 amide bonds. The van der Waals surface area contributed by atoms with Crippen LogP contribution < -0.4 is 9.91 Å². The smallest absolute Gasteiger partial charge is 0.0652 e. The van der Waals surface area contributed by atoms with Gasteiger partial charge < -0.3 is 4.90 Å². The van der Waals surface area contributed by atoms with Crippen molar-refractivity contribution in [2.75, 3.05) is 9.91 Å². The van der Waals surface area contributed by atoms with Gasteiger partial charge in [-0.05, 0) is 78.4 Å². The van der Waals surface area contributed by atoms with Gasteiger partial charge in [-0.15, -0.1) is 0 Å². The number of para-hydroxylation sites is 3. The van der Waals surface area contributed by atoms with Crippen molar-refractivity contribution >= 4 is 29.4 Å². The third-order valence-electron chi connectivity index (χ3n) is 7.77. The number of anilines is 3. The lowest BCUT2D eigenvalue weighted by atomic mass is 9.96. The molecule has 0 fully saturated rings. The van der Waals surface area contributed by atoms with E-state index in [9.17, 15) is 0 Å². The van der Waals surface area contributed by atoms with Crippen LogP contribution in [0, 0.1) is 0 Å². The molecule has 1 atom stereocenters. The van der Waals surface area contributed by atoms with Gasteiger partial charge >= 0.3 is 0 Å². The van der Waals surface area contributed by atoms with Gasteiger partial charge in [0.15, 0.2) is 0 Å². The number of nitrogens with zero attached hydrogens (tertiary/aromatic N) is 3. The molecule has 1 unspecified atom stereocenters. The van der Waals surface area contributed by atoms with Crippen molar-refractivity contribution in [1.82, 2.24) is 0 Å². The van der Waals surface area contributed by atoms with Crippen LogP contribution in [0.3, 0.4) is 0 Å². The van der Waals surface area contributed by atoms with E-state index in [0.29, 0.717) is 0 Å². The molecule has 0 saturated heterocycles. The average molecular weight is 572 g/mol. The van der Waals surface area contributed by atoms with Crippen molar-refractivity contribution in [2.45, 2.75) is 25.3 Å². The van der Waals surface area contributed by atoms with Gasteiger partial charge in [-0.2, -0.15) is 5.10 Å². The molecule has 44 heavy (non-hydrogen) atoms. The molecule has 3 nitrogen and oxygen atoms in total. The first-order valence-electron chi connectivity index (χ1n) is 15.3. The lowest BCUT2D eigenvalue weighted by Gasteiger charge is -2.36. The lowest BCUT2D eigenvalue weighted by molar-refractivity contribution is 0.715. The highest BCUT2D eigenvalue weighted by atomic mass is 15.5. The molecule has 0 bridgehead atoms. The Morgan fingerprint density at radius 3 is 1.77 bits per heavy atom. The van der Waals surface area contributed by atoms with Crippen LogP contribution in [0.25, 0.3) is 6.08 Å². The van der Waals surface area contributed by atoms with E-state index in [0.717, 1.165) is 36.2 Å². The van der Waals surface area contributed by atoms with Crippen molar-refractivity contribution < 1.29 is 0 Å². The number of hydrogen-bond donors (Lipinski definition) is 0. The van der Waals surface area contributed by atoms with E-state index in [2.05, 4.69) is 138 Å². The predicted octanol–water partition coefficient (Wildman–Crippen LogP) is 10.4. The zero-order chi connectivity index (χ0) is 29.8. The summed E-state index contributed by atoms with van der Waals surface area (Å²) >= 11 is 0. The summed E-state index contributed by atoms with van der Waals surface area (Å²) in [7, 11) is 0. The van der Waals surface area contributed by atoms with Gasteiger partial charge in [0.1, 0.15) is 0 Å². The molecule has 0 radical (unpaired) electrons. The first-order chi connectivity index (χ1) is 21.8. The number of benzene rings is 4. The average Bonchev–Trinajstić information content (AvgIpc) is 3.10. The fourth-order valence-corrected chi connectivity index (χ4v) is 5.51. The molecular weight excluding hydrogens is 534 g/mol. The monoisotopic (exact) mass is 571 g/mol. The summed E-state index contributed by atoms with van der Waals surface area (Å²) in [6.07, 6.45) is 24.9. The molecule has 6 rings (SSSR count). The number of hydrazone groups is 1. The third-order valence-corrected chi connectivity index (χ3v) is 7.77. The van der Waals surface area contributed by atoms with Crippen LogP contribution in [0.5, 0.6) is 0 Å². The summed E-state index contributed by atoms with van der Waals surface area (Å²) in [6.45, 7) is 0. The van der Waals surface area contributed by atoms with Crippen LogP contribution in [-0.2, 0) is 0 Å². The Labute approximate surface area is 261 Å². The molecule has 4 aromatic carbocycles. The Hall–Kier alpha value is -5.41. The zero-order valence-corrected chi connectivity index (χ0v) is 24.9. The molecular formula is C41H37N3. The molecule has 0 heterocycles. The largest absolute Gasteiger partial charge is 0.338 e. The molecule has 0 N–H and O–H groups in total. The topological polar surface area (TPSA) is 18.8 Å². The summed E-state index contributed by atoms with van der Waals surface area (Å²) in [5.74, 6) is 0. The van der Waals surface area contributed by atoms with Gasteiger partial charge in [-0.3, -0.25) is 0 Å². The van der Waals surface area contributed by atoms with Crippen LogP contribution >= 0.6 is 0 Å². The minimum atomic E-state index is 0.236. The second kappa shape index (κ2) is 14.7. The molecule has 2 aliphatic rings. The van der Waals surface area contributed by atoms with Gasteiger partial charge in [0.05, 0.1) is 23.6 Å². The van der Waals surface area contributed by atoms with Crippen molar-refractivity contribution in [3.63, 3.8) is 0 Å². The van der Waals surface area contributed by atoms with E-state index in [1.807, 2.05) is 53.7 Å². The molecule has 0 saturated carbocycles. The molecule has 4 aromatic rings. The Kier molecular flexibility index (Phi) is 9.56. The Morgan fingerprint density at radius 2 is 1.20 bits per heavy atom. The Balaban J connectivity index is 1.17. The van der Waals surface area contributed by atoms with Crippen molar-refractivity contribution in [3.05, 3.63) is 192 Å². The van der Waals surface area contributed by atoms with Crippen molar-refractivity contribution in [1.29, 1.82) is 0 Å². The summed E-state index contributed by atoms with van der Waals surface area (Å²) in [5.41, 5.74) is 8.29. The van der Waals surface area contributed by atoms with Gasteiger partial charge in [0, 0.05) is 11.4 Å². The molecule has 3 heteroatoms. The first kappa shape index (κ1) is 28.7. The highest BCUT2D eigenvalue weighted by molar-refractivity contribution is 5.84. The number of rotatable bonds is 10. The second-order valence-corrected chi connectivity index (χ2v) is 10.8. The number of allylic oxidation sites excluding steroid dienone is 9. The Morgan fingerprint density at radius 1 is 0.614 bits per heavy atom. The van der Waals surface area contributed by atoms with Crippen LogP contribution in [-0.4, -0.2) is 12.3 Å². The molecule has 0 aliphatic heterocycles. The van der Waals surface area contributed by atoms with E-state index in [-0.39, 0.29) is 6.04 Å². The van der Waals surface area contributed by atoms with Crippen LogP contribution in [0.2, 0.25) is 0 Å². The number of hydrogen-bond acceptors (Lipinski definition) is 3. The van der Waals surface area contributed by atoms with Crippen LogP contribution in [0.4, 0.5) is 17.1 Å². The standard InChI is InChI=1S/C41H37N3/c1-5-15-34(16-6-1)17-13-14-18-35-25-29-38(30-26-35)43(37-19-7-2-8-20-37)39-31-27-36(28-32-39)33-42-44(40-21-9-3-10-22-40)41-23-11-4-12-24-41/h1-25,27-29,31,33,39H,26,30,32H2/b17-13+,18-14-,42-33+. The van der Waals surface area contributed by atoms with E-state index in [4.69, 9.17) is 5.10 Å². The van der Waals surface area contributed by atoms with Crippen molar-refractivity contribution in [3.8, 4) is 0 Å². The predicted molar refractivity (Wildman–Crippen MR) is 188 cm³/mol. The van der Waals surface area contributed by atoms with E-state index >= 15 is 0 Å². The zero-order valence-electron chi connectivity index (χ0n) is 24.9. The summed E-state index contributed by atoms with van der Waals surface area (Å²) in [5, 5.41) is 6.89. The fourth-order valence-electron chi connectivity index (χ4n) is 5.51. The highest BCUT2D eigenvalue weighted by Gasteiger charge is 2.22. The molecule has 0 spiro atoms. The summed E-state index contributed by atoms with van der Waals surface area (Å²) in [6, 6.07) is 41.9. The third kappa shape index (κ3) is 7.50.